The summed E-state index contributed by atoms with van der Waals surface area (Å²) in [7, 11) is 0. The highest BCUT2D eigenvalue weighted by Gasteiger charge is 2.21. The molecule has 0 spiro atoms. The van der Waals surface area contributed by atoms with Crippen molar-refractivity contribution in [2.24, 2.45) is 0 Å². The second-order valence-corrected chi connectivity index (χ2v) is 8.38. The van der Waals surface area contributed by atoms with Crippen molar-refractivity contribution in [3.63, 3.8) is 0 Å². The fraction of sp³-hybridized carbons (Fsp3) is 0.391. The SMILES string of the molecule is Br.Br.O=C(CBr)CCN1CCC(Nc2nc3ccccc3n2Cc2ccc(F)cc2)CC1. The average Bonchev–Trinajstić information content (AvgIpc) is 3.11. The molecule has 1 aliphatic heterocycles. The summed E-state index contributed by atoms with van der Waals surface area (Å²) in [5.41, 5.74) is 3.05. The number of para-hydroxylation sites is 2. The molecule has 3 aromatic rings. The lowest BCUT2D eigenvalue weighted by molar-refractivity contribution is -0.116. The van der Waals surface area contributed by atoms with Gasteiger partial charge in [0.1, 0.15) is 11.6 Å². The van der Waals surface area contributed by atoms with Gasteiger partial charge in [-0.05, 0) is 42.7 Å². The second-order valence-electron chi connectivity index (χ2n) is 7.82. The minimum atomic E-state index is -0.225. The highest BCUT2D eigenvalue weighted by atomic mass is 79.9. The fourth-order valence-corrected chi connectivity index (χ4v) is 4.23. The molecule has 174 valence electrons. The van der Waals surface area contributed by atoms with Gasteiger partial charge < -0.3 is 14.8 Å². The van der Waals surface area contributed by atoms with E-state index in [1.807, 2.05) is 30.3 Å². The summed E-state index contributed by atoms with van der Waals surface area (Å²) in [6.45, 7) is 3.42. The van der Waals surface area contributed by atoms with Crippen LogP contribution in [-0.2, 0) is 11.3 Å². The van der Waals surface area contributed by atoms with E-state index in [0.717, 1.165) is 55.0 Å². The number of likely N-dealkylation sites (tertiary alicyclic amines) is 1. The highest BCUT2D eigenvalue weighted by molar-refractivity contribution is 9.09. The number of alkyl halides is 1. The molecule has 1 saturated heterocycles. The first-order valence-corrected chi connectivity index (χ1v) is 11.5. The number of halogens is 4. The number of carbonyl (C=O) groups excluding carboxylic acids is 1. The van der Waals surface area contributed by atoms with Crippen molar-refractivity contribution in [2.75, 3.05) is 30.3 Å². The molecule has 0 atom stereocenters. The van der Waals surface area contributed by atoms with Crippen LogP contribution in [0.4, 0.5) is 10.3 Å². The van der Waals surface area contributed by atoms with E-state index in [4.69, 9.17) is 4.98 Å². The number of ketones is 1. The summed E-state index contributed by atoms with van der Waals surface area (Å²) in [4.78, 5) is 18.7. The molecule has 0 radical (unpaired) electrons. The molecule has 0 unspecified atom stereocenters. The Labute approximate surface area is 217 Å². The second kappa shape index (κ2) is 12.8. The largest absolute Gasteiger partial charge is 0.353 e. The summed E-state index contributed by atoms with van der Waals surface area (Å²) in [6.07, 6.45) is 2.64. The van der Waals surface area contributed by atoms with E-state index in [2.05, 4.69) is 36.8 Å². The van der Waals surface area contributed by atoms with E-state index in [0.29, 0.717) is 24.3 Å². The van der Waals surface area contributed by atoms with Crippen molar-refractivity contribution in [3.8, 4) is 0 Å². The molecule has 2 aromatic carbocycles. The number of Topliss-reactive ketones (excluding diaryl/α,β-unsaturated/α-hetero) is 1. The third-order valence-corrected chi connectivity index (χ3v) is 6.31. The Kier molecular flexibility index (Phi) is 10.8. The highest BCUT2D eigenvalue weighted by Crippen LogP contribution is 2.24. The van der Waals surface area contributed by atoms with Gasteiger partial charge in [-0.2, -0.15) is 0 Å². The molecule has 32 heavy (non-hydrogen) atoms. The van der Waals surface area contributed by atoms with E-state index >= 15 is 0 Å². The quantitative estimate of drug-likeness (QED) is 0.328. The van der Waals surface area contributed by atoms with Crippen molar-refractivity contribution in [3.05, 3.63) is 59.9 Å². The molecule has 4 rings (SSSR count). The van der Waals surface area contributed by atoms with Gasteiger partial charge in [0.25, 0.3) is 0 Å². The Balaban J connectivity index is 0.00000181. The number of piperidine rings is 1. The summed E-state index contributed by atoms with van der Waals surface area (Å²) in [5.74, 6) is 0.885. The third-order valence-electron chi connectivity index (χ3n) is 5.69. The predicted octanol–water partition coefficient (Wildman–Crippen LogP) is 5.61. The number of imidazole rings is 1. The Morgan fingerprint density at radius 1 is 1.09 bits per heavy atom. The molecule has 1 aromatic heterocycles. The number of carbonyl (C=O) groups is 1. The molecule has 0 bridgehead atoms. The Morgan fingerprint density at radius 2 is 1.78 bits per heavy atom. The molecule has 5 nitrogen and oxygen atoms in total. The van der Waals surface area contributed by atoms with E-state index in [-0.39, 0.29) is 45.6 Å². The monoisotopic (exact) mass is 632 g/mol. The molecule has 2 heterocycles. The lowest BCUT2D eigenvalue weighted by Gasteiger charge is -2.32. The third kappa shape index (κ3) is 6.85. The number of hydrogen-bond donors (Lipinski definition) is 1. The predicted molar refractivity (Wildman–Crippen MR) is 142 cm³/mol. The van der Waals surface area contributed by atoms with Crippen LogP contribution in [0.25, 0.3) is 11.0 Å². The lowest BCUT2D eigenvalue weighted by atomic mass is 10.0. The van der Waals surface area contributed by atoms with Crippen LogP contribution in [-0.4, -0.2) is 51.2 Å². The normalized spacial score (nSPS) is 14.6. The molecule has 1 N–H and O–H groups in total. The first-order chi connectivity index (χ1) is 14.6. The van der Waals surface area contributed by atoms with E-state index in [1.165, 1.54) is 12.1 Å². The topological polar surface area (TPSA) is 50.2 Å². The number of aromatic nitrogens is 2. The molecular weight excluding hydrogens is 607 g/mol. The van der Waals surface area contributed by atoms with Gasteiger partial charge in [0.05, 0.1) is 22.9 Å². The van der Waals surface area contributed by atoms with Crippen molar-refractivity contribution in [1.29, 1.82) is 0 Å². The molecule has 9 heteroatoms. The minimum Gasteiger partial charge on any atom is -0.353 e. The number of rotatable bonds is 8. The molecule has 0 aliphatic carbocycles. The summed E-state index contributed by atoms with van der Waals surface area (Å²) >= 11 is 3.23. The zero-order valence-corrected chi connectivity index (χ0v) is 22.7. The Bertz CT molecular complexity index is 1000. The van der Waals surface area contributed by atoms with Crippen LogP contribution >= 0.6 is 49.9 Å². The number of hydrogen-bond acceptors (Lipinski definition) is 4. The van der Waals surface area contributed by atoms with Crippen LogP contribution in [0.1, 0.15) is 24.8 Å². The standard InChI is InChI=1S/C23H26BrFN4O.2BrH/c24-15-20(30)11-14-28-12-9-19(10-13-28)26-23-27-21-3-1-2-4-22(21)29(23)16-17-5-7-18(25)8-6-17;;/h1-8,19H,9-16H2,(H,26,27);2*1H. The van der Waals surface area contributed by atoms with Gasteiger partial charge in [0.2, 0.25) is 5.95 Å². The smallest absolute Gasteiger partial charge is 0.204 e. The summed E-state index contributed by atoms with van der Waals surface area (Å²) in [6, 6.07) is 15.1. The fourth-order valence-electron chi connectivity index (χ4n) is 3.95. The zero-order valence-electron chi connectivity index (χ0n) is 17.7. The molecule has 1 fully saturated rings. The van der Waals surface area contributed by atoms with E-state index < -0.39 is 0 Å². The van der Waals surface area contributed by atoms with Gasteiger partial charge in [0, 0.05) is 32.1 Å². The number of fused-ring (bicyclic) bond motifs is 1. The van der Waals surface area contributed by atoms with E-state index in [1.54, 1.807) is 0 Å². The number of nitrogens with one attached hydrogen (secondary N) is 1. The maximum Gasteiger partial charge on any atom is 0.204 e. The van der Waals surface area contributed by atoms with Crippen molar-refractivity contribution < 1.29 is 9.18 Å². The van der Waals surface area contributed by atoms with Gasteiger partial charge in [-0.3, -0.25) is 4.79 Å². The average molecular weight is 635 g/mol. The van der Waals surface area contributed by atoms with Gasteiger partial charge in [-0.25, -0.2) is 9.37 Å². The maximum atomic E-state index is 13.3. The number of nitrogens with zero attached hydrogens (tertiary/aromatic N) is 3. The van der Waals surface area contributed by atoms with Crippen molar-refractivity contribution in [1.82, 2.24) is 14.5 Å². The number of benzene rings is 2. The van der Waals surface area contributed by atoms with Crippen molar-refractivity contribution >= 4 is 72.7 Å². The van der Waals surface area contributed by atoms with Gasteiger partial charge in [-0.15, -0.1) is 34.0 Å². The Morgan fingerprint density at radius 3 is 2.47 bits per heavy atom. The first kappa shape index (κ1) is 27.0. The van der Waals surface area contributed by atoms with Gasteiger partial charge >= 0.3 is 0 Å². The van der Waals surface area contributed by atoms with Gasteiger partial charge in [-0.1, -0.05) is 40.2 Å². The minimum absolute atomic E-state index is 0. The van der Waals surface area contributed by atoms with Crippen LogP contribution < -0.4 is 5.32 Å². The van der Waals surface area contributed by atoms with Crippen LogP contribution in [0, 0.1) is 5.82 Å². The van der Waals surface area contributed by atoms with Crippen molar-refractivity contribution in [2.45, 2.75) is 31.8 Å². The lowest BCUT2D eigenvalue weighted by Crippen LogP contribution is -2.40. The van der Waals surface area contributed by atoms with Crippen LogP contribution in [0.2, 0.25) is 0 Å². The maximum absolute atomic E-state index is 13.3. The first-order valence-electron chi connectivity index (χ1n) is 10.4. The van der Waals surface area contributed by atoms with Crippen LogP contribution in [0.3, 0.4) is 0 Å². The van der Waals surface area contributed by atoms with Crippen LogP contribution in [0.5, 0.6) is 0 Å². The molecule has 0 amide bonds. The van der Waals surface area contributed by atoms with Crippen LogP contribution in [0.15, 0.2) is 48.5 Å². The summed E-state index contributed by atoms with van der Waals surface area (Å²) < 4.78 is 15.5. The zero-order chi connectivity index (χ0) is 20.9. The molecule has 1 aliphatic rings. The van der Waals surface area contributed by atoms with Gasteiger partial charge in [0.15, 0.2) is 0 Å². The molecule has 0 saturated carbocycles. The number of anilines is 1. The summed E-state index contributed by atoms with van der Waals surface area (Å²) in [5, 5.41) is 4.08. The Hall–Kier alpha value is -1.29. The van der Waals surface area contributed by atoms with E-state index in [9.17, 15) is 9.18 Å². The molecular formula is C23H28Br3FN4O.